The van der Waals surface area contributed by atoms with E-state index in [1.54, 1.807) is 24.3 Å². The number of hydrogen-bond donors (Lipinski definition) is 2. The third-order valence-corrected chi connectivity index (χ3v) is 6.43. The molecule has 0 saturated carbocycles. The van der Waals surface area contributed by atoms with Crippen molar-refractivity contribution in [3.05, 3.63) is 89.4 Å². The maximum Gasteiger partial charge on any atom is 0.238 e. The number of rotatable bonds is 6. The van der Waals surface area contributed by atoms with Gasteiger partial charge in [0.1, 0.15) is 5.84 Å². The fourth-order valence-electron chi connectivity index (χ4n) is 3.71. The Morgan fingerprint density at radius 3 is 2.28 bits per heavy atom. The number of nitrogens with zero attached hydrogens (tertiary/aromatic N) is 3. The Labute approximate surface area is 192 Å². The van der Waals surface area contributed by atoms with E-state index >= 15 is 0 Å². The maximum atomic E-state index is 11.6. The first-order chi connectivity index (χ1) is 15.1. The van der Waals surface area contributed by atoms with Crippen LogP contribution in [-0.2, 0) is 10.0 Å². The van der Waals surface area contributed by atoms with Crippen molar-refractivity contribution in [1.29, 1.82) is 0 Å². The molecule has 4 rings (SSSR count). The van der Waals surface area contributed by atoms with Gasteiger partial charge in [-0.3, -0.25) is 0 Å². The lowest BCUT2D eigenvalue weighted by molar-refractivity contribution is 0.0753. The molecule has 0 radical (unpaired) electrons. The molecule has 0 amide bonds. The molecule has 166 valence electrons. The number of anilines is 2. The summed E-state index contributed by atoms with van der Waals surface area (Å²) in [6, 6.07) is 23.1. The van der Waals surface area contributed by atoms with Gasteiger partial charge in [0.15, 0.2) is 5.72 Å². The van der Waals surface area contributed by atoms with Crippen molar-refractivity contribution < 1.29 is 13.5 Å². The zero-order chi connectivity index (χ0) is 22.9. The van der Waals surface area contributed by atoms with Crippen molar-refractivity contribution in [2.45, 2.75) is 10.6 Å². The number of para-hydroxylation sites is 1. The highest BCUT2D eigenvalue weighted by atomic mass is 35.5. The minimum atomic E-state index is -3.81. The Morgan fingerprint density at radius 1 is 1.06 bits per heavy atom. The van der Waals surface area contributed by atoms with Gasteiger partial charge in [-0.2, -0.15) is 0 Å². The quantitative estimate of drug-likeness (QED) is 0.576. The lowest BCUT2D eigenvalue weighted by Gasteiger charge is -2.29. The first-order valence-corrected chi connectivity index (χ1v) is 11.8. The number of aliphatic imine (C=N–C) groups is 1. The molecule has 0 fully saturated rings. The van der Waals surface area contributed by atoms with Crippen LogP contribution >= 0.6 is 11.6 Å². The summed E-state index contributed by atoms with van der Waals surface area (Å²) in [5.41, 5.74) is 1.03. The zero-order valence-corrected chi connectivity index (χ0v) is 19.0. The molecule has 1 unspecified atom stereocenters. The molecule has 1 aliphatic heterocycles. The lowest BCUT2D eigenvalue weighted by Crippen LogP contribution is -2.44. The van der Waals surface area contributed by atoms with Crippen molar-refractivity contribution in [2.24, 2.45) is 10.1 Å². The van der Waals surface area contributed by atoms with E-state index in [1.807, 2.05) is 59.3 Å². The van der Waals surface area contributed by atoms with Crippen molar-refractivity contribution in [2.75, 3.05) is 29.9 Å². The largest absolute Gasteiger partial charge is 0.370 e. The van der Waals surface area contributed by atoms with Gasteiger partial charge in [-0.1, -0.05) is 29.8 Å². The van der Waals surface area contributed by atoms with E-state index in [1.165, 1.54) is 12.1 Å². The molecule has 1 atom stereocenters. The summed E-state index contributed by atoms with van der Waals surface area (Å²) in [5, 5.41) is 17.2. The third kappa shape index (κ3) is 4.78. The highest BCUT2D eigenvalue weighted by molar-refractivity contribution is 7.89. The van der Waals surface area contributed by atoms with Crippen LogP contribution in [-0.4, -0.2) is 45.2 Å². The molecule has 32 heavy (non-hydrogen) atoms. The number of primary sulfonamides is 1. The number of halogens is 1. The molecule has 0 aromatic heterocycles. The minimum Gasteiger partial charge on any atom is -0.370 e. The van der Waals surface area contributed by atoms with Gasteiger partial charge >= 0.3 is 0 Å². The number of likely N-dealkylation sites (N-methyl/N-ethyl adjacent to an activating group) is 1. The summed E-state index contributed by atoms with van der Waals surface area (Å²) < 4.78 is 23.2. The Kier molecular flexibility index (Phi) is 5.96. The van der Waals surface area contributed by atoms with Crippen LogP contribution in [0.3, 0.4) is 0 Å². The number of nitrogens with two attached hydrogens (primary N) is 1. The monoisotopic (exact) mass is 470 g/mol. The second kappa shape index (κ2) is 8.55. The van der Waals surface area contributed by atoms with Gasteiger partial charge in [0.2, 0.25) is 10.0 Å². The van der Waals surface area contributed by atoms with Gasteiger partial charge < -0.3 is 14.9 Å². The maximum absolute atomic E-state index is 11.6. The van der Waals surface area contributed by atoms with E-state index in [-0.39, 0.29) is 18.0 Å². The number of sulfonamides is 1. The summed E-state index contributed by atoms with van der Waals surface area (Å²) in [6.07, 6.45) is 0. The first-order valence-electron chi connectivity index (χ1n) is 9.89. The van der Waals surface area contributed by atoms with Crippen LogP contribution in [0, 0.1) is 0 Å². The van der Waals surface area contributed by atoms with Crippen molar-refractivity contribution in [3.8, 4) is 0 Å². The van der Waals surface area contributed by atoms with E-state index < -0.39 is 15.7 Å². The molecule has 0 saturated heterocycles. The fraction of sp³-hybridized carbons (Fsp3) is 0.174. The molecule has 7 nitrogen and oxygen atoms in total. The van der Waals surface area contributed by atoms with E-state index in [9.17, 15) is 13.5 Å². The number of benzene rings is 3. The SMILES string of the molecule is CN(CC1(O)CN(c2ccc(Cl)cc2)C(c2ccc(S(N)(=O)=O)cc2)=N1)c1ccccc1. The molecule has 1 aliphatic rings. The second-order valence-corrected chi connectivity index (χ2v) is 9.74. The number of hydrogen-bond acceptors (Lipinski definition) is 6. The summed E-state index contributed by atoms with van der Waals surface area (Å²) >= 11 is 6.05. The van der Waals surface area contributed by atoms with Crippen LogP contribution in [0.2, 0.25) is 5.02 Å². The normalized spacial score (nSPS) is 18.5. The Hall–Kier alpha value is -2.91. The van der Waals surface area contributed by atoms with Gasteiger partial charge in [-0.25, -0.2) is 18.5 Å². The predicted molar refractivity (Wildman–Crippen MR) is 128 cm³/mol. The number of β-amino-alcohol motifs (C(OH)–C–C–N with tert-alkyl or cyclic N) is 1. The molecular weight excluding hydrogens is 448 g/mol. The Balaban J connectivity index is 1.70. The zero-order valence-electron chi connectivity index (χ0n) is 17.4. The van der Waals surface area contributed by atoms with Crippen molar-refractivity contribution in [1.82, 2.24) is 0 Å². The standard InChI is InChI=1S/C23H23ClN4O3S/c1-27(19-5-3-2-4-6-19)15-23(29)16-28(20-11-9-18(24)10-12-20)22(26-23)17-7-13-21(14-8-17)32(25,30)31/h2-14,29H,15-16H2,1H3,(H2,25,30,31). The van der Waals surface area contributed by atoms with Gasteiger partial charge in [-0.15, -0.1) is 0 Å². The smallest absolute Gasteiger partial charge is 0.238 e. The van der Waals surface area contributed by atoms with Crippen LogP contribution in [0.5, 0.6) is 0 Å². The number of aliphatic hydroxyl groups is 1. The summed E-state index contributed by atoms with van der Waals surface area (Å²) in [4.78, 5) is 8.51. The molecule has 0 bridgehead atoms. The van der Waals surface area contributed by atoms with Gasteiger partial charge in [0.25, 0.3) is 0 Å². The molecule has 3 aromatic carbocycles. The molecule has 9 heteroatoms. The van der Waals surface area contributed by atoms with E-state index in [2.05, 4.69) is 4.99 Å². The van der Waals surface area contributed by atoms with Crippen LogP contribution < -0.4 is 14.9 Å². The van der Waals surface area contributed by atoms with Gasteiger partial charge in [-0.05, 0) is 60.7 Å². The topological polar surface area (TPSA) is 99.2 Å². The van der Waals surface area contributed by atoms with Crippen LogP contribution in [0.25, 0.3) is 0 Å². The summed E-state index contributed by atoms with van der Waals surface area (Å²) in [6.45, 7) is 0.484. The van der Waals surface area contributed by atoms with Crippen LogP contribution in [0.1, 0.15) is 5.56 Å². The average molecular weight is 471 g/mol. The number of amidine groups is 1. The van der Waals surface area contributed by atoms with Crippen LogP contribution in [0.15, 0.2) is 88.8 Å². The highest BCUT2D eigenvalue weighted by Crippen LogP contribution is 2.30. The summed E-state index contributed by atoms with van der Waals surface area (Å²) in [5.74, 6) is 0.525. The Bertz CT molecular complexity index is 1230. The highest BCUT2D eigenvalue weighted by Gasteiger charge is 2.39. The van der Waals surface area contributed by atoms with E-state index in [0.717, 1.165) is 11.4 Å². The lowest BCUT2D eigenvalue weighted by atomic mass is 10.1. The minimum absolute atomic E-state index is 0.0111. The third-order valence-electron chi connectivity index (χ3n) is 5.25. The summed E-state index contributed by atoms with van der Waals surface area (Å²) in [7, 11) is -1.91. The predicted octanol–water partition coefficient (Wildman–Crippen LogP) is 3.08. The molecular formula is C23H23ClN4O3S. The molecule has 3 aromatic rings. The Morgan fingerprint density at radius 2 is 1.69 bits per heavy atom. The molecule has 0 spiro atoms. The first kappa shape index (κ1) is 22.3. The van der Waals surface area contributed by atoms with Crippen molar-refractivity contribution >= 4 is 38.8 Å². The molecule has 0 aliphatic carbocycles. The van der Waals surface area contributed by atoms with Gasteiger partial charge in [0.05, 0.1) is 18.0 Å². The van der Waals surface area contributed by atoms with Crippen LogP contribution in [0.4, 0.5) is 11.4 Å². The second-order valence-electron chi connectivity index (χ2n) is 7.74. The van der Waals surface area contributed by atoms with Crippen molar-refractivity contribution in [3.63, 3.8) is 0 Å². The van der Waals surface area contributed by atoms with E-state index in [0.29, 0.717) is 16.4 Å². The van der Waals surface area contributed by atoms with E-state index in [4.69, 9.17) is 16.7 Å². The molecule has 1 heterocycles. The average Bonchev–Trinajstić information content (AvgIpc) is 3.11. The fourth-order valence-corrected chi connectivity index (χ4v) is 4.35. The van der Waals surface area contributed by atoms with Gasteiger partial charge in [0, 0.05) is 29.0 Å². The molecule has 3 N–H and O–H groups in total.